The zero-order chi connectivity index (χ0) is 13.9. The minimum atomic E-state index is 0.953. The predicted molar refractivity (Wildman–Crippen MR) is 89.4 cm³/mol. The molecule has 0 unspecified atom stereocenters. The van der Waals surface area contributed by atoms with Gasteiger partial charge in [-0.15, -0.1) is 12.6 Å². The maximum absolute atomic E-state index is 6.07. The Hall–Kier alpha value is -0.370. The Kier molecular flexibility index (Phi) is 9.15. The van der Waals surface area contributed by atoms with Crippen molar-refractivity contribution in [2.75, 3.05) is 0 Å². The molecule has 0 bridgehead atoms. The van der Waals surface area contributed by atoms with Crippen molar-refractivity contribution in [1.29, 1.82) is 0 Å². The van der Waals surface area contributed by atoms with E-state index in [1.54, 1.807) is 0 Å². The van der Waals surface area contributed by atoms with E-state index >= 15 is 0 Å². The Bertz CT molecular complexity index is 304. The van der Waals surface area contributed by atoms with Crippen molar-refractivity contribution in [2.45, 2.75) is 84.0 Å². The summed E-state index contributed by atoms with van der Waals surface area (Å²) in [6.07, 6.45) is 18.0. The molecule has 1 rings (SSSR count). The highest BCUT2D eigenvalue weighted by Gasteiger charge is 2.09. The number of thiol groups is 1. The summed E-state index contributed by atoms with van der Waals surface area (Å²) in [5, 5.41) is 0. The van der Waals surface area contributed by atoms with E-state index in [9.17, 15) is 0 Å². The van der Waals surface area contributed by atoms with Gasteiger partial charge in [-0.2, -0.15) is 0 Å². The molecular weight excluding hydrogens is 250 g/mol. The van der Waals surface area contributed by atoms with Crippen molar-refractivity contribution < 1.29 is 0 Å². The van der Waals surface area contributed by atoms with Gasteiger partial charge in [-0.25, -0.2) is 0 Å². The van der Waals surface area contributed by atoms with Crippen molar-refractivity contribution >= 4 is 12.6 Å². The van der Waals surface area contributed by atoms with Crippen LogP contribution >= 0.6 is 12.6 Å². The van der Waals surface area contributed by atoms with Crippen LogP contribution in [0.25, 0.3) is 0 Å². The topological polar surface area (TPSA) is 26.0 Å². The molecule has 2 N–H and O–H groups in total. The lowest BCUT2D eigenvalue weighted by atomic mass is 9.97. The summed E-state index contributed by atoms with van der Waals surface area (Å²) in [6.45, 7) is 2.27. The summed E-state index contributed by atoms with van der Waals surface area (Å²) < 4.78 is 0. The van der Waals surface area contributed by atoms with Crippen LogP contribution in [0.1, 0.15) is 84.0 Å². The molecule has 0 amide bonds. The van der Waals surface area contributed by atoms with Gasteiger partial charge >= 0.3 is 0 Å². The molecule has 1 aliphatic rings. The van der Waals surface area contributed by atoms with Gasteiger partial charge in [0.25, 0.3) is 0 Å². The van der Waals surface area contributed by atoms with Gasteiger partial charge in [-0.05, 0) is 31.3 Å². The largest absolute Gasteiger partial charge is 0.398 e. The zero-order valence-corrected chi connectivity index (χ0v) is 13.5. The molecule has 0 spiro atoms. The third-order valence-corrected chi connectivity index (χ3v) is 4.44. The van der Waals surface area contributed by atoms with Crippen LogP contribution in [0.3, 0.4) is 0 Å². The Morgan fingerprint density at radius 2 is 1.58 bits per heavy atom. The van der Waals surface area contributed by atoms with Crippen LogP contribution in [-0.4, -0.2) is 0 Å². The van der Waals surface area contributed by atoms with Crippen LogP contribution in [0.2, 0.25) is 0 Å². The molecule has 0 aromatic rings. The number of hydrogen-bond donors (Lipinski definition) is 2. The van der Waals surface area contributed by atoms with Crippen LogP contribution in [0, 0.1) is 0 Å². The minimum absolute atomic E-state index is 0.953. The molecule has 0 atom stereocenters. The lowest BCUT2D eigenvalue weighted by molar-refractivity contribution is 0.564. The molecular formula is C17H31NS. The Labute approximate surface area is 125 Å². The van der Waals surface area contributed by atoms with Gasteiger partial charge in [0.15, 0.2) is 0 Å². The molecule has 1 aliphatic carbocycles. The summed E-state index contributed by atoms with van der Waals surface area (Å²) in [5.74, 6) is 0. The van der Waals surface area contributed by atoms with Gasteiger partial charge < -0.3 is 5.73 Å². The SMILES string of the molecule is CCCCCCCCCCCC1=CCCC(S)=C1N. The van der Waals surface area contributed by atoms with Gasteiger partial charge in [-0.3, -0.25) is 0 Å². The molecule has 0 heterocycles. The van der Waals surface area contributed by atoms with Crippen molar-refractivity contribution in [3.05, 3.63) is 22.3 Å². The third-order valence-electron chi connectivity index (χ3n) is 3.98. The van der Waals surface area contributed by atoms with Crippen molar-refractivity contribution in [3.8, 4) is 0 Å². The maximum Gasteiger partial charge on any atom is 0.0437 e. The zero-order valence-electron chi connectivity index (χ0n) is 12.6. The summed E-state index contributed by atoms with van der Waals surface area (Å²) in [6, 6.07) is 0. The van der Waals surface area contributed by atoms with E-state index in [1.807, 2.05) is 0 Å². The van der Waals surface area contributed by atoms with E-state index < -0.39 is 0 Å². The minimum Gasteiger partial charge on any atom is -0.398 e. The van der Waals surface area contributed by atoms with E-state index in [0.717, 1.165) is 29.9 Å². The molecule has 0 radical (unpaired) electrons. The molecule has 0 saturated heterocycles. The second kappa shape index (κ2) is 10.4. The predicted octanol–water partition coefficient (Wildman–Crippen LogP) is 5.73. The quantitative estimate of drug-likeness (QED) is 0.388. The van der Waals surface area contributed by atoms with E-state index in [1.165, 1.54) is 63.4 Å². The standard InChI is InChI=1S/C17H31NS/c1-2-3-4-5-6-7-8-9-10-12-15-13-11-14-16(19)17(15)18/h13,19H,2-12,14,18H2,1H3. The van der Waals surface area contributed by atoms with Crippen molar-refractivity contribution in [2.24, 2.45) is 5.73 Å². The second-order valence-electron chi connectivity index (χ2n) is 5.71. The summed E-state index contributed by atoms with van der Waals surface area (Å²) in [7, 11) is 0. The van der Waals surface area contributed by atoms with Gasteiger partial charge in [0.05, 0.1) is 0 Å². The molecule has 0 aliphatic heterocycles. The Morgan fingerprint density at radius 1 is 1.00 bits per heavy atom. The van der Waals surface area contributed by atoms with Crippen molar-refractivity contribution in [3.63, 3.8) is 0 Å². The Balaban J connectivity index is 1.98. The number of rotatable bonds is 10. The highest BCUT2D eigenvalue weighted by Crippen LogP contribution is 2.27. The highest BCUT2D eigenvalue weighted by molar-refractivity contribution is 7.84. The number of hydrogen-bond acceptors (Lipinski definition) is 2. The second-order valence-corrected chi connectivity index (χ2v) is 6.25. The molecule has 0 aromatic carbocycles. The monoisotopic (exact) mass is 281 g/mol. The molecule has 19 heavy (non-hydrogen) atoms. The van der Waals surface area contributed by atoms with E-state index in [0.29, 0.717) is 0 Å². The van der Waals surface area contributed by atoms with Crippen molar-refractivity contribution in [1.82, 2.24) is 0 Å². The number of nitrogens with two attached hydrogens (primary N) is 1. The first-order valence-electron chi connectivity index (χ1n) is 8.12. The molecule has 1 nitrogen and oxygen atoms in total. The molecule has 0 aromatic heterocycles. The molecule has 2 heteroatoms. The lowest BCUT2D eigenvalue weighted by Gasteiger charge is -2.15. The normalized spacial score (nSPS) is 15.8. The summed E-state index contributed by atoms with van der Waals surface area (Å²) in [5.41, 5.74) is 8.37. The molecule has 110 valence electrons. The molecule has 0 fully saturated rings. The summed E-state index contributed by atoms with van der Waals surface area (Å²) in [4.78, 5) is 1.09. The van der Waals surface area contributed by atoms with Crippen LogP contribution in [0.15, 0.2) is 22.3 Å². The van der Waals surface area contributed by atoms with Gasteiger partial charge in [0, 0.05) is 10.6 Å². The van der Waals surface area contributed by atoms with E-state index in [4.69, 9.17) is 5.73 Å². The van der Waals surface area contributed by atoms with Gasteiger partial charge in [0.2, 0.25) is 0 Å². The van der Waals surface area contributed by atoms with Crippen LogP contribution in [0.4, 0.5) is 0 Å². The number of allylic oxidation sites excluding steroid dienone is 3. The maximum atomic E-state index is 6.07. The van der Waals surface area contributed by atoms with E-state index in [-0.39, 0.29) is 0 Å². The Morgan fingerprint density at radius 3 is 2.21 bits per heavy atom. The van der Waals surface area contributed by atoms with Crippen LogP contribution in [0.5, 0.6) is 0 Å². The van der Waals surface area contributed by atoms with Crippen LogP contribution in [-0.2, 0) is 0 Å². The first kappa shape index (κ1) is 16.7. The fraction of sp³-hybridized carbons (Fsp3) is 0.765. The van der Waals surface area contributed by atoms with Gasteiger partial charge in [-0.1, -0.05) is 64.4 Å². The average Bonchev–Trinajstić information content (AvgIpc) is 2.41. The van der Waals surface area contributed by atoms with E-state index in [2.05, 4.69) is 25.6 Å². The fourth-order valence-electron chi connectivity index (χ4n) is 2.68. The van der Waals surface area contributed by atoms with Gasteiger partial charge in [0.1, 0.15) is 0 Å². The number of unbranched alkanes of at least 4 members (excludes halogenated alkanes) is 8. The molecule has 0 saturated carbocycles. The highest BCUT2D eigenvalue weighted by atomic mass is 32.1. The third kappa shape index (κ3) is 7.10. The fourth-order valence-corrected chi connectivity index (χ4v) is 2.95. The first-order valence-corrected chi connectivity index (χ1v) is 8.57. The van der Waals surface area contributed by atoms with Crippen LogP contribution < -0.4 is 5.73 Å². The average molecular weight is 282 g/mol. The first-order chi connectivity index (χ1) is 9.25. The smallest absolute Gasteiger partial charge is 0.0437 e. The lowest BCUT2D eigenvalue weighted by Crippen LogP contribution is -2.07. The summed E-state index contributed by atoms with van der Waals surface area (Å²) >= 11 is 4.45.